The molecule has 0 saturated heterocycles. The highest BCUT2D eigenvalue weighted by atomic mass is 32.1. The third kappa shape index (κ3) is 3.47. The Labute approximate surface area is 118 Å². The summed E-state index contributed by atoms with van der Waals surface area (Å²) in [7, 11) is 1.90. The average molecular weight is 276 g/mol. The molecule has 0 fully saturated rings. The number of rotatable bonds is 6. The number of unbranched alkanes of at least 4 members (excludes halogenated alkanes) is 1. The number of benzene rings is 1. The lowest BCUT2D eigenvalue weighted by atomic mass is 10.1. The van der Waals surface area contributed by atoms with Crippen LogP contribution < -0.4 is 10.1 Å². The Morgan fingerprint density at radius 2 is 2.21 bits per heavy atom. The molecule has 0 atom stereocenters. The van der Waals surface area contributed by atoms with Crippen LogP contribution >= 0.6 is 11.3 Å². The molecule has 1 aromatic carbocycles. The van der Waals surface area contributed by atoms with Crippen LogP contribution in [0.15, 0.2) is 24.3 Å². The van der Waals surface area contributed by atoms with Gasteiger partial charge in [0.25, 0.3) is 0 Å². The summed E-state index contributed by atoms with van der Waals surface area (Å²) in [4.78, 5) is 5.68. The van der Waals surface area contributed by atoms with Gasteiger partial charge in [0.2, 0.25) is 0 Å². The van der Waals surface area contributed by atoms with E-state index < -0.39 is 0 Å². The molecule has 4 heteroatoms. The van der Waals surface area contributed by atoms with E-state index in [0.29, 0.717) is 0 Å². The minimum absolute atomic E-state index is 0.781. The summed E-state index contributed by atoms with van der Waals surface area (Å²) in [6.07, 6.45) is 2.24. The van der Waals surface area contributed by atoms with E-state index in [4.69, 9.17) is 4.74 Å². The second-order valence-corrected chi connectivity index (χ2v) is 5.41. The summed E-state index contributed by atoms with van der Waals surface area (Å²) in [6.45, 7) is 4.99. The van der Waals surface area contributed by atoms with Crippen LogP contribution in [0.5, 0.6) is 5.75 Å². The summed E-state index contributed by atoms with van der Waals surface area (Å²) in [5.41, 5.74) is 2.23. The summed E-state index contributed by atoms with van der Waals surface area (Å²) in [5, 5.41) is 4.04. The second-order valence-electron chi connectivity index (χ2n) is 4.41. The predicted octanol–water partition coefficient (Wildman–Crippen LogP) is 4.34. The van der Waals surface area contributed by atoms with E-state index in [0.717, 1.165) is 36.0 Å². The molecule has 0 saturated carbocycles. The van der Waals surface area contributed by atoms with Gasteiger partial charge in [0.15, 0.2) is 5.13 Å². The molecule has 102 valence electrons. The molecule has 2 rings (SSSR count). The van der Waals surface area contributed by atoms with Gasteiger partial charge in [-0.3, -0.25) is 0 Å². The molecule has 0 radical (unpaired) electrons. The first kappa shape index (κ1) is 13.9. The fourth-order valence-electron chi connectivity index (χ4n) is 1.83. The zero-order valence-electron chi connectivity index (χ0n) is 11.7. The van der Waals surface area contributed by atoms with Gasteiger partial charge in [0.1, 0.15) is 5.75 Å². The second kappa shape index (κ2) is 6.57. The maximum Gasteiger partial charge on any atom is 0.183 e. The molecule has 1 N–H and O–H groups in total. The van der Waals surface area contributed by atoms with Gasteiger partial charge in [-0.1, -0.05) is 36.8 Å². The summed E-state index contributed by atoms with van der Waals surface area (Å²) in [6, 6.07) is 8.24. The number of anilines is 1. The van der Waals surface area contributed by atoms with Crippen molar-refractivity contribution in [2.24, 2.45) is 0 Å². The smallest absolute Gasteiger partial charge is 0.183 e. The Balaban J connectivity index is 2.19. The van der Waals surface area contributed by atoms with E-state index >= 15 is 0 Å². The van der Waals surface area contributed by atoms with Gasteiger partial charge < -0.3 is 10.1 Å². The minimum Gasteiger partial charge on any atom is -0.494 e. The van der Waals surface area contributed by atoms with Crippen molar-refractivity contribution >= 4 is 16.5 Å². The first-order valence-electron chi connectivity index (χ1n) is 6.63. The highest BCUT2D eigenvalue weighted by Gasteiger charge is 2.09. The Morgan fingerprint density at radius 1 is 1.37 bits per heavy atom. The lowest BCUT2D eigenvalue weighted by Crippen LogP contribution is -1.96. The predicted molar refractivity (Wildman–Crippen MR) is 82.2 cm³/mol. The molecule has 0 aliphatic carbocycles. The molecule has 0 aliphatic rings. The first-order valence-corrected chi connectivity index (χ1v) is 7.44. The zero-order chi connectivity index (χ0) is 13.7. The van der Waals surface area contributed by atoms with Gasteiger partial charge in [-0.15, -0.1) is 0 Å². The number of nitrogens with zero attached hydrogens (tertiary/aromatic N) is 1. The van der Waals surface area contributed by atoms with Gasteiger partial charge in [0.05, 0.1) is 17.2 Å². The normalized spacial score (nSPS) is 10.5. The topological polar surface area (TPSA) is 34.1 Å². The minimum atomic E-state index is 0.781. The lowest BCUT2D eigenvalue weighted by molar-refractivity contribution is 0.309. The van der Waals surface area contributed by atoms with Crippen molar-refractivity contribution in [2.45, 2.75) is 26.7 Å². The summed E-state index contributed by atoms with van der Waals surface area (Å²) < 4.78 is 5.75. The van der Waals surface area contributed by atoms with E-state index in [2.05, 4.69) is 29.4 Å². The molecule has 1 heterocycles. The average Bonchev–Trinajstić information content (AvgIpc) is 2.81. The number of ether oxygens (including phenoxy) is 1. The van der Waals surface area contributed by atoms with Gasteiger partial charge in [0, 0.05) is 7.05 Å². The fraction of sp³-hybridized carbons (Fsp3) is 0.400. The summed E-state index contributed by atoms with van der Waals surface area (Å²) >= 11 is 1.67. The van der Waals surface area contributed by atoms with Crippen LogP contribution in [-0.2, 0) is 0 Å². The summed E-state index contributed by atoms with van der Waals surface area (Å²) in [5.74, 6) is 0.935. The monoisotopic (exact) mass is 276 g/mol. The number of aromatic nitrogens is 1. The first-order chi connectivity index (χ1) is 9.24. The molecule has 0 unspecified atom stereocenters. The van der Waals surface area contributed by atoms with Crippen LogP contribution in [0.2, 0.25) is 0 Å². The van der Waals surface area contributed by atoms with Crippen LogP contribution in [0.1, 0.15) is 25.5 Å². The van der Waals surface area contributed by atoms with Crippen molar-refractivity contribution < 1.29 is 4.74 Å². The Morgan fingerprint density at radius 3 is 2.89 bits per heavy atom. The van der Waals surface area contributed by atoms with Gasteiger partial charge in [-0.2, -0.15) is 0 Å². The van der Waals surface area contributed by atoms with Crippen LogP contribution in [0.4, 0.5) is 5.13 Å². The number of thiazole rings is 1. The maximum atomic E-state index is 5.75. The van der Waals surface area contributed by atoms with E-state index in [-0.39, 0.29) is 0 Å². The van der Waals surface area contributed by atoms with E-state index in [1.54, 1.807) is 11.3 Å². The van der Waals surface area contributed by atoms with Crippen molar-refractivity contribution in [2.75, 3.05) is 19.0 Å². The van der Waals surface area contributed by atoms with Crippen LogP contribution in [-0.4, -0.2) is 18.6 Å². The molecule has 0 bridgehead atoms. The third-order valence-corrected chi connectivity index (χ3v) is 4.10. The number of hydrogen-bond acceptors (Lipinski definition) is 4. The Hall–Kier alpha value is -1.55. The number of aryl methyl sites for hydroxylation is 1. The van der Waals surface area contributed by atoms with Crippen molar-refractivity contribution in [1.29, 1.82) is 0 Å². The van der Waals surface area contributed by atoms with E-state index in [1.165, 1.54) is 10.4 Å². The van der Waals surface area contributed by atoms with Gasteiger partial charge in [-0.25, -0.2) is 4.98 Å². The SMILES string of the molecule is CCCCOc1cccc(-c2sc(NC)nc2C)c1. The van der Waals surface area contributed by atoms with E-state index in [1.807, 2.05) is 26.1 Å². The standard InChI is InChI=1S/C15H20N2OS/c1-4-5-9-18-13-8-6-7-12(10-13)14-11(2)17-15(16-3)19-14/h6-8,10H,4-5,9H2,1-3H3,(H,16,17). The molecular formula is C15H20N2OS. The molecule has 3 nitrogen and oxygen atoms in total. The zero-order valence-corrected chi connectivity index (χ0v) is 12.5. The molecule has 1 aromatic heterocycles. The van der Waals surface area contributed by atoms with E-state index in [9.17, 15) is 0 Å². The highest BCUT2D eigenvalue weighted by Crippen LogP contribution is 2.34. The molecule has 2 aromatic rings. The lowest BCUT2D eigenvalue weighted by Gasteiger charge is -2.06. The maximum absolute atomic E-state index is 5.75. The fourth-order valence-corrected chi connectivity index (χ4v) is 2.75. The van der Waals surface area contributed by atoms with Crippen LogP contribution in [0.25, 0.3) is 10.4 Å². The number of hydrogen-bond donors (Lipinski definition) is 1. The Bertz CT molecular complexity index is 537. The third-order valence-electron chi connectivity index (χ3n) is 2.87. The number of nitrogens with one attached hydrogen (secondary N) is 1. The molecule has 19 heavy (non-hydrogen) atoms. The highest BCUT2D eigenvalue weighted by molar-refractivity contribution is 7.19. The Kier molecular flexibility index (Phi) is 4.80. The molecule has 0 amide bonds. The van der Waals surface area contributed by atoms with Crippen molar-refractivity contribution in [1.82, 2.24) is 4.98 Å². The quantitative estimate of drug-likeness (QED) is 0.797. The van der Waals surface area contributed by atoms with Gasteiger partial charge in [-0.05, 0) is 31.0 Å². The van der Waals surface area contributed by atoms with Crippen molar-refractivity contribution in [3.05, 3.63) is 30.0 Å². The van der Waals surface area contributed by atoms with Crippen molar-refractivity contribution in [3.8, 4) is 16.2 Å². The van der Waals surface area contributed by atoms with Crippen LogP contribution in [0, 0.1) is 6.92 Å². The molecule has 0 spiro atoms. The molecule has 0 aliphatic heterocycles. The van der Waals surface area contributed by atoms with Gasteiger partial charge >= 0.3 is 0 Å². The van der Waals surface area contributed by atoms with Crippen LogP contribution in [0.3, 0.4) is 0 Å². The largest absolute Gasteiger partial charge is 0.494 e. The molecular weight excluding hydrogens is 256 g/mol. The van der Waals surface area contributed by atoms with Crippen molar-refractivity contribution in [3.63, 3.8) is 0 Å².